The average molecular weight is 1320 g/mol. The Hall–Kier alpha value is -2.76. The quantitative estimate of drug-likeness (QED) is 0.00923. The van der Waals surface area contributed by atoms with Crippen molar-refractivity contribution in [3.63, 3.8) is 0 Å². The number of unbranched alkanes of at least 4 members (excludes halogenated alkanes) is 9. The van der Waals surface area contributed by atoms with Crippen LogP contribution in [0.1, 0.15) is 270 Å². The van der Waals surface area contributed by atoms with Crippen molar-refractivity contribution in [2.45, 2.75) is 283 Å². The molecule has 0 radical (unpaired) electrons. The molecule has 2 aliphatic rings. The first-order chi connectivity index (χ1) is 42.3. The third kappa shape index (κ3) is 40.3. The van der Waals surface area contributed by atoms with Gasteiger partial charge in [0.2, 0.25) is 0 Å². The first kappa shape index (κ1) is 85.2. The number of esters is 4. The van der Waals surface area contributed by atoms with Gasteiger partial charge in [0.25, 0.3) is 0 Å². The van der Waals surface area contributed by atoms with Crippen LogP contribution in [0.15, 0.2) is 58.3 Å². The summed E-state index contributed by atoms with van der Waals surface area (Å²) in [5, 5.41) is 32.5. The highest BCUT2D eigenvalue weighted by atomic mass is 32.2. The molecule has 0 spiro atoms. The summed E-state index contributed by atoms with van der Waals surface area (Å²) >= 11 is 0.707. The van der Waals surface area contributed by atoms with Gasteiger partial charge in [-0.05, 0) is 153 Å². The molecule has 20 heteroatoms. The third-order valence-electron chi connectivity index (χ3n) is 15.9. The van der Waals surface area contributed by atoms with E-state index in [9.17, 15) is 47.6 Å². The summed E-state index contributed by atoms with van der Waals surface area (Å²) < 4.78 is 56.9. The molecule has 0 amide bonds. The van der Waals surface area contributed by atoms with Gasteiger partial charge in [0.15, 0.2) is 0 Å². The number of aliphatic hydroxyl groups is 2. The Morgan fingerprint density at radius 3 is 1.14 bits per heavy atom. The summed E-state index contributed by atoms with van der Waals surface area (Å²) in [5.41, 5.74) is 0.321. The summed E-state index contributed by atoms with van der Waals surface area (Å²) in [5.74, 6) is -1.63. The Kier molecular flexibility index (Phi) is 52.0. The zero-order chi connectivity index (χ0) is 65.9. The number of ether oxygens (including phenoxy) is 4. The fourth-order valence-electron chi connectivity index (χ4n) is 10.6. The zero-order valence-corrected chi connectivity index (χ0v) is 59.5. The number of carbonyl (C=O) groups excluding carboxylic acids is 4. The van der Waals surface area contributed by atoms with Gasteiger partial charge in [-0.3, -0.25) is 14.6 Å². The van der Waals surface area contributed by atoms with Gasteiger partial charge >= 0.3 is 23.9 Å². The molecule has 16 nitrogen and oxygen atoms in total. The molecule has 0 heterocycles. The Labute approximate surface area is 539 Å². The second-order valence-corrected chi connectivity index (χ2v) is 34.5. The Balaban J connectivity index is 0.00000108. The van der Waals surface area contributed by atoms with Crippen LogP contribution in [-0.4, -0.2) is 134 Å². The molecule has 2 fully saturated rings. The SMILES string of the molecule is CCCC[P+](CCCC)(CCCC)CCCC.CCCC[P+](CCCC)(CCCC)CCCC.CCOC(=O)CCCCC(=O)OCC.O=C(OC1CCCCC1O)c1cccc(S(=O)(=O)[O-])c1.O=C(OC1CCCCC1O)c1cccc(SOO[O-])c1. The summed E-state index contributed by atoms with van der Waals surface area (Å²) in [6.45, 7) is 23.2. The summed E-state index contributed by atoms with van der Waals surface area (Å²) in [4.78, 5) is 45.7. The van der Waals surface area contributed by atoms with Gasteiger partial charge in [-0.25, -0.2) is 18.0 Å². The van der Waals surface area contributed by atoms with Crippen molar-refractivity contribution in [2.75, 3.05) is 62.5 Å². The molecular weight excluding hydrogens is 1200 g/mol. The molecule has 510 valence electrons. The van der Waals surface area contributed by atoms with Gasteiger partial charge in [0, 0.05) is 32.3 Å². The van der Waals surface area contributed by atoms with Gasteiger partial charge in [-0.2, -0.15) is 4.33 Å². The van der Waals surface area contributed by atoms with E-state index in [1.807, 2.05) is 0 Å². The van der Waals surface area contributed by atoms with Crippen LogP contribution in [0, 0.1) is 0 Å². The maximum absolute atomic E-state index is 12.0. The van der Waals surface area contributed by atoms with Crippen molar-refractivity contribution >= 4 is 60.6 Å². The lowest BCUT2D eigenvalue weighted by molar-refractivity contribution is -0.777. The van der Waals surface area contributed by atoms with Crippen LogP contribution >= 0.6 is 26.6 Å². The highest BCUT2D eigenvalue weighted by Crippen LogP contribution is 2.62. The Morgan fingerprint density at radius 1 is 0.500 bits per heavy atom. The van der Waals surface area contributed by atoms with E-state index in [4.69, 9.17) is 18.9 Å². The summed E-state index contributed by atoms with van der Waals surface area (Å²) in [6, 6.07) is 11.2. The lowest BCUT2D eigenvalue weighted by Gasteiger charge is -2.28. The minimum Gasteiger partial charge on any atom is -0.744 e. The molecule has 0 saturated heterocycles. The topological polar surface area (TPSA) is 244 Å². The van der Waals surface area contributed by atoms with Crippen molar-refractivity contribution in [3.8, 4) is 0 Å². The molecule has 4 unspecified atom stereocenters. The third-order valence-corrected chi connectivity index (χ3v) is 27.5. The number of rotatable bonds is 39. The van der Waals surface area contributed by atoms with Crippen LogP contribution in [0.2, 0.25) is 0 Å². The summed E-state index contributed by atoms with van der Waals surface area (Å²) in [6.07, 6.45) is 41.8. The normalized spacial score (nSPS) is 16.6. The number of aliphatic hydroxyl groups excluding tert-OH is 2. The van der Waals surface area contributed by atoms with Gasteiger partial charge in [0.05, 0.1) is 103 Å². The molecule has 0 bridgehead atoms. The molecule has 2 saturated carbocycles. The monoisotopic (exact) mass is 1320 g/mol. The standard InChI is InChI=1S/2C16H36P.2C13H16O6S.C10H18O4/c2*1-5-9-13-17(14-10-6-2,15-11-7-3)16-12-8-4;14-11-6-1-2-7-12(11)19-13(15)9-4-3-5-10(8-9)20(16,17)18;14-11-6-1-2-7-12(11)17-13(15)9-4-3-5-10(8-9)20-19-18-16;1-3-13-9(11)7-5-6-8-10(12)14-4-2/h2*5-16H2,1-4H3;3-5,8,11-12,14H,1-2,6-7H2,(H,16,17,18);3-5,8,11-12,14,16H,1-2,6-7H2;3-8H2,1-2H3/q2*+1;;;/p-2. The van der Waals surface area contributed by atoms with Crippen molar-refractivity contribution in [1.29, 1.82) is 0 Å². The molecule has 2 N–H and O–H groups in total. The van der Waals surface area contributed by atoms with Crippen LogP contribution < -0.4 is 5.26 Å². The number of benzene rings is 2. The fourth-order valence-corrected chi connectivity index (χ4v) is 22.2. The molecule has 0 aliphatic heterocycles. The second kappa shape index (κ2) is 53.7. The zero-order valence-electron chi connectivity index (χ0n) is 56.1. The van der Waals surface area contributed by atoms with E-state index < -0.39 is 65.9 Å². The van der Waals surface area contributed by atoms with Crippen LogP contribution in [0.3, 0.4) is 0 Å². The van der Waals surface area contributed by atoms with E-state index in [1.54, 1.807) is 81.3 Å². The summed E-state index contributed by atoms with van der Waals surface area (Å²) in [7, 11) is -5.73. The smallest absolute Gasteiger partial charge is 0.338 e. The molecule has 4 atom stereocenters. The van der Waals surface area contributed by atoms with Gasteiger partial charge in [-0.1, -0.05) is 132 Å². The maximum Gasteiger partial charge on any atom is 0.338 e. The Bertz CT molecular complexity index is 2070. The van der Waals surface area contributed by atoms with Gasteiger partial charge in [-0.15, -0.1) is 0 Å². The van der Waals surface area contributed by atoms with Crippen LogP contribution in [0.25, 0.3) is 0 Å². The van der Waals surface area contributed by atoms with E-state index in [-0.39, 0.29) is 17.5 Å². The molecule has 4 rings (SSSR count). The number of hydrogen-bond acceptors (Lipinski definition) is 17. The predicted molar refractivity (Wildman–Crippen MR) is 360 cm³/mol. The first-order valence-corrected chi connectivity index (χ1v) is 41.1. The molecule has 88 heavy (non-hydrogen) atoms. The molecule has 2 aromatic rings. The number of hydrogen-bond donors (Lipinski definition) is 2. The van der Waals surface area contributed by atoms with Crippen LogP contribution in [0.4, 0.5) is 0 Å². The highest BCUT2D eigenvalue weighted by molar-refractivity contribution is 7.94. The molecule has 0 aromatic heterocycles. The van der Waals surface area contributed by atoms with Crippen LogP contribution in [-0.2, 0) is 48.0 Å². The van der Waals surface area contributed by atoms with Crippen molar-refractivity contribution in [1.82, 2.24) is 0 Å². The lowest BCUT2D eigenvalue weighted by atomic mass is 9.95. The lowest BCUT2D eigenvalue weighted by Crippen LogP contribution is -2.34. The predicted octanol–water partition coefficient (Wildman–Crippen LogP) is 16.5. The van der Waals surface area contributed by atoms with E-state index in [0.29, 0.717) is 87.1 Å². The average Bonchev–Trinajstić information content (AvgIpc) is 3.71. The molecular formula is C68H120O16P2S2. The van der Waals surface area contributed by atoms with Crippen molar-refractivity contribution in [3.05, 3.63) is 59.7 Å². The minimum absolute atomic E-state index is 0.0142. The minimum atomic E-state index is -4.61. The highest BCUT2D eigenvalue weighted by Gasteiger charge is 2.36. The Morgan fingerprint density at radius 2 is 0.830 bits per heavy atom. The van der Waals surface area contributed by atoms with Crippen molar-refractivity contribution < 1.29 is 75.9 Å². The van der Waals surface area contributed by atoms with E-state index >= 15 is 0 Å². The molecule has 2 aromatic carbocycles. The van der Waals surface area contributed by atoms with Crippen LogP contribution in [0.5, 0.6) is 0 Å². The van der Waals surface area contributed by atoms with Gasteiger partial charge in [0.1, 0.15) is 22.3 Å². The number of carbonyl (C=O) groups is 4. The molecule has 2 aliphatic carbocycles. The largest absolute Gasteiger partial charge is 0.744 e. The van der Waals surface area contributed by atoms with E-state index in [0.717, 1.165) is 37.8 Å². The van der Waals surface area contributed by atoms with E-state index in [1.165, 1.54) is 121 Å². The van der Waals surface area contributed by atoms with E-state index in [2.05, 4.69) is 64.8 Å². The van der Waals surface area contributed by atoms with Gasteiger partial charge < -0.3 is 39.0 Å². The first-order valence-electron chi connectivity index (χ1n) is 33.9. The maximum atomic E-state index is 12.0. The van der Waals surface area contributed by atoms with Crippen molar-refractivity contribution in [2.24, 2.45) is 0 Å². The fraction of sp³-hybridized carbons (Fsp3) is 0.765. The second-order valence-electron chi connectivity index (χ2n) is 23.4.